The molecule has 1 heterocycles. The number of aromatic nitrogens is 2. The third-order valence-electron chi connectivity index (χ3n) is 1.59. The number of hydrogen-bond acceptors (Lipinski definition) is 3. The first-order chi connectivity index (χ1) is 7.08. The van der Waals surface area contributed by atoms with E-state index in [2.05, 4.69) is 10.4 Å². The highest BCUT2D eigenvalue weighted by Crippen LogP contribution is 1.92. The Balaban J connectivity index is 2.37. The zero-order chi connectivity index (χ0) is 11.3. The molecule has 1 amide bonds. The van der Waals surface area contributed by atoms with Crippen LogP contribution in [0, 0.1) is 0 Å². The number of carboxylic acids is 1. The largest absolute Gasteiger partial charge is 0.478 e. The van der Waals surface area contributed by atoms with E-state index >= 15 is 0 Å². The molecule has 0 aromatic carbocycles. The normalized spacial score (nSPS) is 10.5. The van der Waals surface area contributed by atoms with Crippen molar-refractivity contribution in [2.24, 2.45) is 7.05 Å². The number of nitrogens with one attached hydrogen (secondary N) is 1. The molecule has 1 aromatic rings. The predicted molar refractivity (Wildman–Crippen MR) is 51.8 cm³/mol. The molecule has 0 spiro atoms. The topological polar surface area (TPSA) is 84.2 Å². The number of rotatable bonds is 4. The van der Waals surface area contributed by atoms with Crippen LogP contribution < -0.4 is 5.32 Å². The Hall–Kier alpha value is -2.11. The Kier molecular flexibility index (Phi) is 3.61. The summed E-state index contributed by atoms with van der Waals surface area (Å²) < 4.78 is 1.62. The molecule has 0 unspecified atom stereocenters. The van der Waals surface area contributed by atoms with Crippen LogP contribution in [0.2, 0.25) is 0 Å². The van der Waals surface area contributed by atoms with Gasteiger partial charge in [-0.3, -0.25) is 9.48 Å². The van der Waals surface area contributed by atoms with Crippen LogP contribution in [-0.4, -0.2) is 26.8 Å². The summed E-state index contributed by atoms with van der Waals surface area (Å²) in [7, 11) is 1.77. The Morgan fingerprint density at radius 3 is 2.87 bits per heavy atom. The summed E-state index contributed by atoms with van der Waals surface area (Å²) in [6.07, 6.45) is 3.51. The minimum atomic E-state index is -1.15. The highest BCUT2D eigenvalue weighted by atomic mass is 16.4. The second-order valence-corrected chi connectivity index (χ2v) is 2.87. The summed E-state index contributed by atoms with van der Waals surface area (Å²) in [4.78, 5) is 21.1. The van der Waals surface area contributed by atoms with Crippen molar-refractivity contribution in [2.75, 3.05) is 0 Å². The van der Waals surface area contributed by atoms with Crippen molar-refractivity contribution in [3.8, 4) is 0 Å². The number of amides is 1. The second kappa shape index (κ2) is 4.94. The number of aryl methyl sites for hydroxylation is 1. The van der Waals surface area contributed by atoms with E-state index in [1.54, 1.807) is 24.0 Å². The van der Waals surface area contributed by atoms with E-state index in [4.69, 9.17) is 5.11 Å². The molecule has 0 atom stereocenters. The van der Waals surface area contributed by atoms with Crippen LogP contribution in [0.25, 0.3) is 0 Å². The lowest BCUT2D eigenvalue weighted by Gasteiger charge is -1.97. The average molecular weight is 209 g/mol. The molecule has 0 aliphatic carbocycles. The van der Waals surface area contributed by atoms with Gasteiger partial charge >= 0.3 is 5.97 Å². The number of aliphatic carboxylic acids is 1. The Labute approximate surface area is 86.2 Å². The Morgan fingerprint density at radius 2 is 2.33 bits per heavy atom. The fraction of sp³-hybridized carbons (Fsp3) is 0.222. The molecule has 15 heavy (non-hydrogen) atoms. The lowest BCUT2D eigenvalue weighted by atomic mass is 10.4. The van der Waals surface area contributed by atoms with Gasteiger partial charge in [-0.25, -0.2) is 4.79 Å². The quantitative estimate of drug-likeness (QED) is 0.665. The van der Waals surface area contributed by atoms with E-state index in [-0.39, 0.29) is 6.54 Å². The van der Waals surface area contributed by atoms with Crippen molar-refractivity contribution in [3.63, 3.8) is 0 Å². The smallest absolute Gasteiger partial charge is 0.328 e. The number of carboxylic acid groups (broad SMARTS) is 1. The van der Waals surface area contributed by atoms with E-state index in [0.29, 0.717) is 0 Å². The molecule has 2 N–H and O–H groups in total. The first kappa shape index (κ1) is 11.0. The van der Waals surface area contributed by atoms with Gasteiger partial charge in [0.1, 0.15) is 0 Å². The molecule has 0 radical (unpaired) electrons. The van der Waals surface area contributed by atoms with Gasteiger partial charge in [-0.1, -0.05) is 0 Å². The number of carbonyl (C=O) groups excluding carboxylic acids is 1. The van der Waals surface area contributed by atoms with Crippen molar-refractivity contribution in [2.45, 2.75) is 6.54 Å². The van der Waals surface area contributed by atoms with Gasteiger partial charge in [0.05, 0.1) is 12.2 Å². The van der Waals surface area contributed by atoms with Crippen LogP contribution in [0.3, 0.4) is 0 Å². The minimum Gasteiger partial charge on any atom is -0.478 e. The molecule has 0 saturated carbocycles. The standard InChI is InChI=1S/C9H11N3O3/c1-12-5-4-7(11-12)6-10-8(13)2-3-9(14)15/h2-5H,6H2,1H3,(H,10,13)(H,14,15)/b3-2+. The number of hydrogen-bond donors (Lipinski definition) is 2. The van der Waals surface area contributed by atoms with E-state index in [1.165, 1.54) is 0 Å². The van der Waals surface area contributed by atoms with E-state index in [1.807, 2.05) is 0 Å². The van der Waals surface area contributed by atoms with E-state index in [0.717, 1.165) is 17.8 Å². The summed E-state index contributed by atoms with van der Waals surface area (Å²) in [6.45, 7) is 0.281. The molecule has 0 fully saturated rings. The van der Waals surface area contributed by atoms with E-state index in [9.17, 15) is 9.59 Å². The van der Waals surface area contributed by atoms with E-state index < -0.39 is 11.9 Å². The van der Waals surface area contributed by atoms with Crippen molar-refractivity contribution in [3.05, 3.63) is 30.1 Å². The summed E-state index contributed by atoms with van der Waals surface area (Å²) >= 11 is 0. The molecule has 6 nitrogen and oxygen atoms in total. The van der Waals surface area contributed by atoms with Crippen molar-refractivity contribution in [1.82, 2.24) is 15.1 Å². The molecule has 0 saturated heterocycles. The zero-order valence-electron chi connectivity index (χ0n) is 8.17. The zero-order valence-corrected chi connectivity index (χ0v) is 8.17. The monoisotopic (exact) mass is 209 g/mol. The first-order valence-electron chi connectivity index (χ1n) is 4.25. The van der Waals surface area contributed by atoms with Gasteiger partial charge < -0.3 is 10.4 Å². The fourth-order valence-electron chi connectivity index (χ4n) is 0.941. The van der Waals surface area contributed by atoms with Crippen molar-refractivity contribution in [1.29, 1.82) is 0 Å². The van der Waals surface area contributed by atoms with Crippen LogP contribution in [0.5, 0.6) is 0 Å². The SMILES string of the molecule is Cn1ccc(CNC(=O)/C=C/C(=O)O)n1. The maximum absolute atomic E-state index is 11.0. The van der Waals surface area contributed by atoms with Crippen LogP contribution in [0.1, 0.15) is 5.69 Å². The van der Waals surface area contributed by atoms with Gasteiger partial charge in [-0.2, -0.15) is 5.10 Å². The molecular weight excluding hydrogens is 198 g/mol. The lowest BCUT2D eigenvalue weighted by Crippen LogP contribution is -2.20. The summed E-state index contributed by atoms with van der Waals surface area (Å²) in [5.41, 5.74) is 0.717. The highest BCUT2D eigenvalue weighted by molar-refractivity contribution is 5.93. The van der Waals surface area contributed by atoms with Crippen molar-refractivity contribution < 1.29 is 14.7 Å². The molecule has 0 aliphatic rings. The van der Waals surface area contributed by atoms with Crippen LogP contribution >= 0.6 is 0 Å². The van der Waals surface area contributed by atoms with Crippen LogP contribution in [0.4, 0.5) is 0 Å². The third kappa shape index (κ3) is 4.08. The van der Waals surface area contributed by atoms with Gasteiger partial charge in [0.2, 0.25) is 5.91 Å². The molecule has 1 aromatic heterocycles. The first-order valence-corrected chi connectivity index (χ1v) is 4.25. The molecule has 6 heteroatoms. The summed E-state index contributed by atoms with van der Waals surface area (Å²) in [5, 5.41) is 14.8. The Bertz CT molecular complexity index is 395. The van der Waals surface area contributed by atoms with Gasteiger partial charge in [0, 0.05) is 25.4 Å². The lowest BCUT2D eigenvalue weighted by molar-refractivity contribution is -0.131. The Morgan fingerprint density at radius 1 is 1.60 bits per heavy atom. The van der Waals surface area contributed by atoms with Gasteiger partial charge in [-0.15, -0.1) is 0 Å². The highest BCUT2D eigenvalue weighted by Gasteiger charge is 1.99. The summed E-state index contributed by atoms with van der Waals surface area (Å²) in [6, 6.07) is 1.77. The van der Waals surface area contributed by atoms with Crippen LogP contribution in [-0.2, 0) is 23.2 Å². The van der Waals surface area contributed by atoms with Gasteiger partial charge in [-0.05, 0) is 6.07 Å². The average Bonchev–Trinajstić information content (AvgIpc) is 2.58. The minimum absolute atomic E-state index is 0.281. The van der Waals surface area contributed by atoms with Gasteiger partial charge in [0.15, 0.2) is 0 Å². The van der Waals surface area contributed by atoms with Gasteiger partial charge in [0.25, 0.3) is 0 Å². The molecule has 80 valence electrons. The van der Waals surface area contributed by atoms with Crippen LogP contribution in [0.15, 0.2) is 24.4 Å². The molecule has 0 bridgehead atoms. The fourth-order valence-corrected chi connectivity index (χ4v) is 0.941. The second-order valence-electron chi connectivity index (χ2n) is 2.87. The number of carbonyl (C=O) groups is 2. The third-order valence-corrected chi connectivity index (χ3v) is 1.59. The predicted octanol–water partition coefficient (Wildman–Crippen LogP) is -0.323. The maximum atomic E-state index is 11.0. The number of nitrogens with zero attached hydrogens (tertiary/aromatic N) is 2. The summed E-state index contributed by atoms with van der Waals surface area (Å²) in [5.74, 6) is -1.61. The molecule has 1 rings (SSSR count). The van der Waals surface area contributed by atoms with Crippen molar-refractivity contribution >= 4 is 11.9 Å². The maximum Gasteiger partial charge on any atom is 0.328 e. The molecular formula is C9H11N3O3. The molecule has 0 aliphatic heterocycles.